The monoisotopic (exact) mass is 381 g/mol. The minimum absolute atomic E-state index is 0.0263. The van der Waals surface area contributed by atoms with E-state index in [2.05, 4.69) is 0 Å². The van der Waals surface area contributed by atoms with Crippen molar-refractivity contribution < 1.29 is 14.3 Å². The third-order valence-corrected chi connectivity index (χ3v) is 6.48. The van der Waals surface area contributed by atoms with Crippen molar-refractivity contribution in [1.29, 1.82) is 0 Å². The second kappa shape index (κ2) is 7.77. The molecule has 140 valence electrons. The highest BCUT2D eigenvalue weighted by atomic mass is 32.2. The SMILES string of the molecule is Cc1ccc2c(c1)C(=O)CC(C(=O)N(CC1CCCS1)c1ccccc1)O2. The zero-order chi connectivity index (χ0) is 18.8. The molecule has 0 radical (unpaired) electrons. The fourth-order valence-electron chi connectivity index (χ4n) is 3.67. The number of nitrogens with zero attached hydrogens (tertiary/aromatic N) is 1. The van der Waals surface area contributed by atoms with E-state index in [1.54, 1.807) is 11.0 Å². The Hall–Kier alpha value is -2.27. The zero-order valence-electron chi connectivity index (χ0n) is 15.4. The lowest BCUT2D eigenvalue weighted by atomic mass is 9.98. The maximum Gasteiger partial charge on any atom is 0.268 e. The van der Waals surface area contributed by atoms with Crippen LogP contribution in [-0.2, 0) is 4.79 Å². The molecule has 4 nitrogen and oxygen atoms in total. The summed E-state index contributed by atoms with van der Waals surface area (Å²) in [6, 6.07) is 15.2. The Morgan fingerprint density at radius 2 is 2.04 bits per heavy atom. The number of hydrogen-bond acceptors (Lipinski definition) is 4. The van der Waals surface area contributed by atoms with Gasteiger partial charge in [0.1, 0.15) is 5.75 Å². The second-order valence-corrected chi connectivity index (χ2v) is 8.56. The number of aryl methyl sites for hydroxylation is 1. The first-order chi connectivity index (χ1) is 13.1. The maximum absolute atomic E-state index is 13.3. The summed E-state index contributed by atoms with van der Waals surface area (Å²) in [5.74, 6) is 1.50. The second-order valence-electron chi connectivity index (χ2n) is 7.15. The molecule has 2 unspecified atom stereocenters. The van der Waals surface area contributed by atoms with Gasteiger partial charge in [0.25, 0.3) is 5.91 Å². The Labute approximate surface area is 163 Å². The van der Waals surface area contributed by atoms with Gasteiger partial charge < -0.3 is 9.64 Å². The molecule has 2 aliphatic heterocycles. The molecule has 0 aromatic heterocycles. The Morgan fingerprint density at radius 1 is 1.22 bits per heavy atom. The molecule has 2 aliphatic rings. The molecule has 0 spiro atoms. The smallest absolute Gasteiger partial charge is 0.268 e. The summed E-state index contributed by atoms with van der Waals surface area (Å²) in [7, 11) is 0. The van der Waals surface area contributed by atoms with Crippen LogP contribution in [0, 0.1) is 6.92 Å². The molecule has 27 heavy (non-hydrogen) atoms. The molecule has 1 saturated heterocycles. The first-order valence-electron chi connectivity index (χ1n) is 9.40. The van der Waals surface area contributed by atoms with E-state index in [0.717, 1.165) is 23.4 Å². The topological polar surface area (TPSA) is 46.6 Å². The summed E-state index contributed by atoms with van der Waals surface area (Å²) >= 11 is 1.92. The van der Waals surface area contributed by atoms with E-state index in [0.29, 0.717) is 23.1 Å². The average molecular weight is 381 g/mol. The average Bonchev–Trinajstić information content (AvgIpc) is 3.20. The summed E-state index contributed by atoms with van der Waals surface area (Å²) in [5, 5.41) is 0.434. The highest BCUT2D eigenvalue weighted by Crippen LogP contribution is 2.32. The van der Waals surface area contributed by atoms with Crippen LogP contribution in [0.1, 0.15) is 35.2 Å². The lowest BCUT2D eigenvalue weighted by Crippen LogP contribution is -2.47. The van der Waals surface area contributed by atoms with Crippen molar-refractivity contribution >= 4 is 29.1 Å². The van der Waals surface area contributed by atoms with Crippen molar-refractivity contribution in [3.63, 3.8) is 0 Å². The largest absolute Gasteiger partial charge is 0.479 e. The summed E-state index contributed by atoms with van der Waals surface area (Å²) < 4.78 is 5.97. The first kappa shape index (κ1) is 18.1. The number of carbonyl (C=O) groups is 2. The number of amides is 1. The van der Waals surface area contributed by atoms with Crippen LogP contribution >= 0.6 is 11.8 Å². The summed E-state index contributed by atoms with van der Waals surface area (Å²) in [4.78, 5) is 27.8. The number of thioether (sulfide) groups is 1. The number of benzene rings is 2. The van der Waals surface area contributed by atoms with E-state index in [-0.39, 0.29) is 18.1 Å². The lowest BCUT2D eigenvalue weighted by Gasteiger charge is -2.31. The molecular weight excluding hydrogens is 358 g/mol. The minimum atomic E-state index is -0.765. The van der Waals surface area contributed by atoms with Crippen LogP contribution in [0.15, 0.2) is 48.5 Å². The van der Waals surface area contributed by atoms with E-state index in [9.17, 15) is 9.59 Å². The summed E-state index contributed by atoms with van der Waals surface area (Å²) in [6.45, 7) is 2.60. The standard InChI is InChI=1S/C22H23NO3S/c1-15-9-10-20-18(12-15)19(24)13-21(26-20)22(25)23(14-17-8-5-11-27-17)16-6-3-2-4-7-16/h2-4,6-7,9-10,12,17,21H,5,8,11,13-14H2,1H3. The van der Waals surface area contributed by atoms with Gasteiger partial charge >= 0.3 is 0 Å². The predicted molar refractivity (Wildman–Crippen MR) is 109 cm³/mol. The highest BCUT2D eigenvalue weighted by Gasteiger charge is 2.35. The molecule has 0 N–H and O–H groups in total. The van der Waals surface area contributed by atoms with Gasteiger partial charge in [-0.15, -0.1) is 0 Å². The number of carbonyl (C=O) groups excluding carboxylic acids is 2. The third-order valence-electron chi connectivity index (χ3n) is 5.10. The fraction of sp³-hybridized carbons (Fsp3) is 0.364. The van der Waals surface area contributed by atoms with Gasteiger partial charge in [-0.3, -0.25) is 9.59 Å². The fourth-order valence-corrected chi connectivity index (χ4v) is 4.93. The molecule has 4 rings (SSSR count). The molecule has 1 amide bonds. The van der Waals surface area contributed by atoms with Crippen molar-refractivity contribution in [3.8, 4) is 5.75 Å². The molecule has 0 saturated carbocycles. The quantitative estimate of drug-likeness (QED) is 0.794. The van der Waals surface area contributed by atoms with E-state index >= 15 is 0 Å². The van der Waals surface area contributed by atoms with E-state index < -0.39 is 6.10 Å². The maximum atomic E-state index is 13.3. The van der Waals surface area contributed by atoms with Gasteiger partial charge in [0.15, 0.2) is 11.9 Å². The zero-order valence-corrected chi connectivity index (χ0v) is 16.2. The Balaban J connectivity index is 1.59. The van der Waals surface area contributed by atoms with E-state index in [4.69, 9.17) is 4.74 Å². The number of fused-ring (bicyclic) bond motifs is 1. The van der Waals surface area contributed by atoms with Crippen LogP contribution in [-0.4, -0.2) is 35.3 Å². The van der Waals surface area contributed by atoms with Gasteiger partial charge in [-0.1, -0.05) is 29.8 Å². The number of rotatable bonds is 4. The van der Waals surface area contributed by atoms with Crippen molar-refractivity contribution in [2.45, 2.75) is 37.5 Å². The van der Waals surface area contributed by atoms with E-state index in [1.165, 1.54) is 6.42 Å². The van der Waals surface area contributed by atoms with Crippen LogP contribution in [0.5, 0.6) is 5.75 Å². The molecule has 2 heterocycles. The molecular formula is C22H23NO3S. The number of ether oxygens (including phenoxy) is 1. The Kier molecular flexibility index (Phi) is 5.21. The van der Waals surface area contributed by atoms with Crippen molar-refractivity contribution in [3.05, 3.63) is 59.7 Å². The molecule has 5 heteroatoms. The molecule has 2 aromatic carbocycles. The van der Waals surface area contributed by atoms with Crippen molar-refractivity contribution in [2.24, 2.45) is 0 Å². The van der Waals surface area contributed by atoms with Crippen LogP contribution in [0.2, 0.25) is 0 Å². The van der Waals surface area contributed by atoms with Crippen molar-refractivity contribution in [2.75, 3.05) is 17.2 Å². The highest BCUT2D eigenvalue weighted by molar-refractivity contribution is 8.00. The van der Waals surface area contributed by atoms with Crippen LogP contribution < -0.4 is 9.64 Å². The number of Topliss-reactive ketones (excluding diaryl/α,β-unsaturated/α-hetero) is 1. The van der Waals surface area contributed by atoms with Gasteiger partial charge in [-0.05, 0) is 49.8 Å². The molecule has 0 aliphatic carbocycles. The van der Waals surface area contributed by atoms with Crippen LogP contribution in [0.25, 0.3) is 0 Å². The number of hydrogen-bond donors (Lipinski definition) is 0. The number of ketones is 1. The van der Waals surface area contributed by atoms with Gasteiger partial charge in [0.05, 0.1) is 12.0 Å². The van der Waals surface area contributed by atoms with Gasteiger partial charge in [-0.2, -0.15) is 11.8 Å². The summed E-state index contributed by atoms with van der Waals surface area (Å²) in [6.07, 6.45) is 1.64. The molecule has 0 bridgehead atoms. The minimum Gasteiger partial charge on any atom is -0.479 e. The van der Waals surface area contributed by atoms with Crippen LogP contribution in [0.3, 0.4) is 0 Å². The predicted octanol–water partition coefficient (Wildman–Crippen LogP) is 4.26. The third kappa shape index (κ3) is 3.88. The molecule has 2 atom stereocenters. The van der Waals surface area contributed by atoms with Gasteiger partial charge in [0, 0.05) is 17.5 Å². The summed E-state index contributed by atoms with van der Waals surface area (Å²) in [5.41, 5.74) is 2.46. The molecule has 2 aromatic rings. The molecule has 1 fully saturated rings. The number of para-hydroxylation sites is 1. The van der Waals surface area contributed by atoms with Gasteiger partial charge in [0.2, 0.25) is 0 Å². The first-order valence-corrected chi connectivity index (χ1v) is 10.5. The lowest BCUT2D eigenvalue weighted by molar-refractivity contribution is -0.125. The van der Waals surface area contributed by atoms with Gasteiger partial charge in [-0.25, -0.2) is 0 Å². The Bertz CT molecular complexity index is 846. The van der Waals surface area contributed by atoms with Crippen LogP contribution in [0.4, 0.5) is 5.69 Å². The van der Waals surface area contributed by atoms with Crippen molar-refractivity contribution in [1.82, 2.24) is 0 Å². The number of anilines is 1. The van der Waals surface area contributed by atoms with E-state index in [1.807, 2.05) is 61.2 Å². The Morgan fingerprint density at radius 3 is 2.78 bits per heavy atom. The normalized spacial score (nSPS) is 21.4.